The van der Waals surface area contributed by atoms with E-state index in [1.54, 1.807) is 7.11 Å². The van der Waals surface area contributed by atoms with Gasteiger partial charge in [0.1, 0.15) is 5.75 Å². The molecule has 0 radical (unpaired) electrons. The number of hydrogen-bond donors (Lipinski definition) is 2. The van der Waals surface area contributed by atoms with Gasteiger partial charge >= 0.3 is 0 Å². The van der Waals surface area contributed by atoms with Crippen LogP contribution in [0.15, 0.2) is 48.5 Å². The van der Waals surface area contributed by atoms with E-state index in [2.05, 4.69) is 17.4 Å². The number of hydrogen-bond acceptors (Lipinski definition) is 4. The standard InChI is InChI=1S/C21H22N2O2/c1-25-15-7-4-6-14(12-15)13-22-21-16-8-2-3-9-17(16)23-18-10-5-11-19(24)20(18)21/h2-4,6-9,12,19,24H,5,10-11,13H2,1H3,(H,22,23). The largest absolute Gasteiger partial charge is 0.497 e. The van der Waals surface area contributed by atoms with Gasteiger partial charge in [-0.15, -0.1) is 0 Å². The maximum atomic E-state index is 10.6. The minimum absolute atomic E-state index is 0.450. The lowest BCUT2D eigenvalue weighted by molar-refractivity contribution is 0.156. The van der Waals surface area contributed by atoms with Gasteiger partial charge in [0.15, 0.2) is 0 Å². The van der Waals surface area contributed by atoms with E-state index < -0.39 is 6.10 Å². The van der Waals surface area contributed by atoms with Gasteiger partial charge in [-0.2, -0.15) is 0 Å². The molecule has 4 nitrogen and oxygen atoms in total. The van der Waals surface area contributed by atoms with Crippen LogP contribution in [-0.2, 0) is 13.0 Å². The summed E-state index contributed by atoms with van der Waals surface area (Å²) in [5.74, 6) is 0.848. The summed E-state index contributed by atoms with van der Waals surface area (Å²) in [5, 5.41) is 15.2. The first-order valence-corrected chi connectivity index (χ1v) is 8.72. The fourth-order valence-electron chi connectivity index (χ4n) is 3.60. The van der Waals surface area contributed by atoms with Crippen LogP contribution in [0.1, 0.15) is 35.8 Å². The van der Waals surface area contributed by atoms with E-state index in [1.807, 2.05) is 36.4 Å². The maximum Gasteiger partial charge on any atom is 0.119 e. The molecule has 2 N–H and O–H groups in total. The van der Waals surface area contributed by atoms with Crippen LogP contribution in [-0.4, -0.2) is 17.2 Å². The SMILES string of the molecule is COc1cccc(CNc2c3c(nc4ccccc24)CCCC3O)c1. The van der Waals surface area contributed by atoms with Crippen molar-refractivity contribution in [2.24, 2.45) is 0 Å². The predicted octanol–water partition coefficient (Wildman–Crippen LogP) is 4.23. The number of fused-ring (bicyclic) bond motifs is 2. The van der Waals surface area contributed by atoms with E-state index in [1.165, 1.54) is 0 Å². The number of pyridine rings is 1. The second kappa shape index (κ2) is 6.73. The molecule has 0 fully saturated rings. The number of nitrogens with zero attached hydrogens (tertiary/aromatic N) is 1. The Balaban J connectivity index is 1.75. The van der Waals surface area contributed by atoms with Crippen LogP contribution in [0.3, 0.4) is 0 Å². The van der Waals surface area contributed by atoms with Crippen molar-refractivity contribution in [1.29, 1.82) is 0 Å². The van der Waals surface area contributed by atoms with Crippen LogP contribution < -0.4 is 10.1 Å². The van der Waals surface area contributed by atoms with E-state index >= 15 is 0 Å². The van der Waals surface area contributed by atoms with E-state index in [4.69, 9.17) is 9.72 Å². The Morgan fingerprint density at radius 2 is 2.08 bits per heavy atom. The van der Waals surface area contributed by atoms with Crippen molar-refractivity contribution in [3.63, 3.8) is 0 Å². The Kier molecular flexibility index (Phi) is 4.28. The van der Waals surface area contributed by atoms with Crippen LogP contribution in [0.4, 0.5) is 5.69 Å². The summed E-state index contributed by atoms with van der Waals surface area (Å²) in [6, 6.07) is 16.2. The Hall–Kier alpha value is -2.59. The molecular weight excluding hydrogens is 312 g/mol. The number of methoxy groups -OCH3 is 1. The smallest absolute Gasteiger partial charge is 0.119 e. The van der Waals surface area contributed by atoms with Crippen LogP contribution in [0.25, 0.3) is 10.9 Å². The summed E-state index contributed by atoms with van der Waals surface area (Å²) in [7, 11) is 1.68. The molecule has 1 atom stereocenters. The summed E-state index contributed by atoms with van der Waals surface area (Å²) in [6.45, 7) is 0.671. The topological polar surface area (TPSA) is 54.4 Å². The lowest BCUT2D eigenvalue weighted by Gasteiger charge is -2.25. The normalized spacial score (nSPS) is 16.5. The second-order valence-corrected chi connectivity index (χ2v) is 6.48. The highest BCUT2D eigenvalue weighted by Crippen LogP contribution is 2.38. The summed E-state index contributed by atoms with van der Waals surface area (Å²) < 4.78 is 5.31. The number of ether oxygens (including phenoxy) is 1. The van der Waals surface area contributed by atoms with Gasteiger partial charge in [0.2, 0.25) is 0 Å². The van der Waals surface area contributed by atoms with Gasteiger partial charge in [0.25, 0.3) is 0 Å². The molecule has 25 heavy (non-hydrogen) atoms. The summed E-state index contributed by atoms with van der Waals surface area (Å²) in [4.78, 5) is 4.79. The minimum atomic E-state index is -0.450. The van der Waals surface area contributed by atoms with Crippen molar-refractivity contribution in [1.82, 2.24) is 4.98 Å². The number of para-hydroxylation sites is 1. The number of rotatable bonds is 4. The Morgan fingerprint density at radius 3 is 2.96 bits per heavy atom. The molecule has 0 saturated heterocycles. The van der Waals surface area contributed by atoms with E-state index in [0.717, 1.165) is 58.4 Å². The number of aryl methyl sites for hydroxylation is 1. The maximum absolute atomic E-state index is 10.6. The first-order chi connectivity index (χ1) is 12.3. The number of anilines is 1. The van der Waals surface area contributed by atoms with Crippen molar-refractivity contribution in [3.8, 4) is 5.75 Å². The quantitative estimate of drug-likeness (QED) is 0.750. The Morgan fingerprint density at radius 1 is 1.20 bits per heavy atom. The average molecular weight is 334 g/mol. The van der Waals surface area contributed by atoms with Crippen molar-refractivity contribution < 1.29 is 9.84 Å². The molecule has 1 unspecified atom stereocenters. The molecule has 0 saturated carbocycles. The highest BCUT2D eigenvalue weighted by atomic mass is 16.5. The van der Waals surface area contributed by atoms with Gasteiger partial charge in [-0.25, -0.2) is 0 Å². The third-order valence-corrected chi connectivity index (χ3v) is 4.84. The van der Waals surface area contributed by atoms with E-state index in [0.29, 0.717) is 6.54 Å². The number of nitrogens with one attached hydrogen (secondary N) is 1. The second-order valence-electron chi connectivity index (χ2n) is 6.48. The molecule has 0 bridgehead atoms. The van der Waals surface area contributed by atoms with Crippen molar-refractivity contribution in [3.05, 3.63) is 65.4 Å². The number of aliphatic hydroxyl groups excluding tert-OH is 1. The zero-order chi connectivity index (χ0) is 17.2. The van der Waals surface area contributed by atoms with Crippen LogP contribution in [0.5, 0.6) is 5.75 Å². The Bertz CT molecular complexity index is 908. The lowest BCUT2D eigenvalue weighted by Crippen LogP contribution is -2.15. The first-order valence-electron chi connectivity index (χ1n) is 8.72. The van der Waals surface area contributed by atoms with Crippen LogP contribution in [0.2, 0.25) is 0 Å². The first kappa shape index (κ1) is 15.9. The predicted molar refractivity (Wildman–Crippen MR) is 100.0 cm³/mol. The summed E-state index contributed by atoms with van der Waals surface area (Å²) in [6.07, 6.45) is 2.24. The van der Waals surface area contributed by atoms with Gasteiger partial charge in [-0.05, 0) is 43.0 Å². The van der Waals surface area contributed by atoms with Crippen LogP contribution in [0, 0.1) is 0 Å². The molecule has 0 aliphatic heterocycles. The molecule has 1 aromatic heterocycles. The monoisotopic (exact) mass is 334 g/mol. The van der Waals surface area contributed by atoms with E-state index in [-0.39, 0.29) is 0 Å². The summed E-state index contributed by atoms with van der Waals surface area (Å²) in [5.41, 5.74) is 5.11. The summed E-state index contributed by atoms with van der Waals surface area (Å²) >= 11 is 0. The zero-order valence-corrected chi connectivity index (χ0v) is 14.3. The molecule has 0 spiro atoms. The van der Waals surface area contributed by atoms with Crippen molar-refractivity contribution in [2.45, 2.75) is 31.9 Å². The number of aromatic nitrogens is 1. The fourth-order valence-corrected chi connectivity index (χ4v) is 3.60. The minimum Gasteiger partial charge on any atom is -0.497 e. The van der Waals surface area contributed by atoms with Crippen LogP contribution >= 0.6 is 0 Å². The highest BCUT2D eigenvalue weighted by molar-refractivity contribution is 5.93. The van der Waals surface area contributed by atoms with Gasteiger partial charge in [0.05, 0.1) is 24.4 Å². The van der Waals surface area contributed by atoms with E-state index in [9.17, 15) is 5.11 Å². The molecular formula is C21H22N2O2. The van der Waals surface area contributed by atoms with Gasteiger partial charge < -0.3 is 15.2 Å². The zero-order valence-electron chi connectivity index (χ0n) is 14.3. The third-order valence-electron chi connectivity index (χ3n) is 4.84. The van der Waals surface area contributed by atoms with Crippen molar-refractivity contribution >= 4 is 16.6 Å². The molecule has 4 rings (SSSR count). The molecule has 3 aromatic rings. The molecule has 1 aliphatic rings. The van der Waals surface area contributed by atoms with Gasteiger partial charge in [0, 0.05) is 23.2 Å². The molecule has 1 aliphatic carbocycles. The van der Waals surface area contributed by atoms with Gasteiger partial charge in [-0.3, -0.25) is 4.98 Å². The molecule has 128 valence electrons. The molecule has 0 amide bonds. The average Bonchev–Trinajstić information content (AvgIpc) is 2.65. The third kappa shape index (κ3) is 3.05. The highest BCUT2D eigenvalue weighted by Gasteiger charge is 2.24. The fraction of sp³-hybridized carbons (Fsp3) is 0.286. The lowest BCUT2D eigenvalue weighted by atomic mass is 9.90. The molecule has 1 heterocycles. The molecule has 2 aromatic carbocycles. The molecule has 4 heteroatoms. The van der Waals surface area contributed by atoms with Gasteiger partial charge in [-0.1, -0.05) is 30.3 Å². The number of benzene rings is 2. The van der Waals surface area contributed by atoms with Crippen molar-refractivity contribution in [2.75, 3.05) is 12.4 Å². The Labute approximate surface area is 147 Å². The number of aliphatic hydroxyl groups is 1.